The Kier molecular flexibility index (Phi) is 3.90. The van der Waals surface area contributed by atoms with Crippen LogP contribution in [0.25, 0.3) is 0 Å². The van der Waals surface area contributed by atoms with E-state index in [1.807, 2.05) is 0 Å². The highest BCUT2D eigenvalue weighted by atomic mass is 35.5. The van der Waals surface area contributed by atoms with E-state index in [0.717, 1.165) is 12.1 Å². The monoisotopic (exact) mass is 286 g/mol. The highest BCUT2D eigenvalue weighted by Crippen LogP contribution is 2.13. The Balaban J connectivity index is 2.37. The molecule has 0 aromatic heterocycles. The fourth-order valence-corrected chi connectivity index (χ4v) is 1.79. The van der Waals surface area contributed by atoms with Gasteiger partial charge in [-0.3, -0.25) is 0 Å². The first-order chi connectivity index (χ1) is 8.49. The van der Waals surface area contributed by atoms with Crippen LogP contribution in [-0.2, 0) is 0 Å². The largest absolute Gasteiger partial charge is 0.443 e. The number of hydrogen-bond acceptors (Lipinski definition) is 1. The highest BCUT2D eigenvalue weighted by molar-refractivity contribution is 6.78. The smallest absolute Gasteiger partial charge is 0.359 e. The van der Waals surface area contributed by atoms with Crippen molar-refractivity contribution < 1.29 is 13.8 Å². The average Bonchev–Trinajstić information content (AvgIpc) is 2.35. The third-order valence-corrected chi connectivity index (χ3v) is 3.13. The first-order valence-electron chi connectivity index (χ1n) is 5.07. The summed E-state index contributed by atoms with van der Waals surface area (Å²) in [5.41, 5.74) is 0.581. The summed E-state index contributed by atoms with van der Waals surface area (Å²) in [6.45, 7) is -1.14. The molecule has 0 unspecified atom stereocenters. The summed E-state index contributed by atoms with van der Waals surface area (Å²) in [6, 6.07) is 7.84. The van der Waals surface area contributed by atoms with Gasteiger partial charge in [-0.25, -0.2) is 8.78 Å². The summed E-state index contributed by atoms with van der Waals surface area (Å²) in [5.74, 6) is -1.27. The van der Waals surface area contributed by atoms with E-state index in [4.69, 9.17) is 23.2 Å². The molecule has 0 spiro atoms. The Bertz CT molecular complexity index is 541. The van der Waals surface area contributed by atoms with Crippen LogP contribution in [0.5, 0.6) is 0 Å². The van der Waals surface area contributed by atoms with Crippen molar-refractivity contribution in [3.8, 4) is 0 Å². The molecule has 0 aliphatic carbocycles. The summed E-state index contributed by atoms with van der Waals surface area (Å²) in [5, 5.41) is 9.93. The summed E-state index contributed by atoms with van der Waals surface area (Å²) in [4.78, 5) is 0. The molecule has 0 saturated heterocycles. The van der Waals surface area contributed by atoms with Crippen LogP contribution in [0.15, 0.2) is 36.4 Å². The van der Waals surface area contributed by atoms with Crippen molar-refractivity contribution in [3.63, 3.8) is 0 Å². The van der Waals surface area contributed by atoms with Crippen LogP contribution in [0.3, 0.4) is 0 Å². The van der Waals surface area contributed by atoms with Gasteiger partial charge in [0.2, 0.25) is 0 Å². The fourth-order valence-electron chi connectivity index (χ4n) is 1.56. The van der Waals surface area contributed by atoms with Crippen molar-refractivity contribution in [2.75, 3.05) is 0 Å². The minimum Gasteiger partial charge on any atom is -0.443 e. The maximum atomic E-state index is 13.3. The molecule has 92 valence electrons. The Morgan fingerprint density at radius 3 is 1.56 bits per heavy atom. The second-order valence-corrected chi connectivity index (χ2v) is 4.56. The fraction of sp³-hybridized carbons (Fsp3) is 0. The van der Waals surface area contributed by atoms with Crippen LogP contribution >= 0.6 is 23.2 Å². The Morgan fingerprint density at radius 2 is 1.22 bits per heavy atom. The van der Waals surface area contributed by atoms with Crippen molar-refractivity contribution in [2.24, 2.45) is 0 Å². The van der Waals surface area contributed by atoms with Crippen LogP contribution in [0.2, 0.25) is 10.0 Å². The number of rotatable bonds is 2. The van der Waals surface area contributed by atoms with E-state index in [1.54, 1.807) is 0 Å². The predicted molar refractivity (Wildman–Crippen MR) is 70.1 cm³/mol. The minimum atomic E-state index is -1.14. The van der Waals surface area contributed by atoms with E-state index in [2.05, 4.69) is 0 Å². The van der Waals surface area contributed by atoms with Crippen molar-refractivity contribution >= 4 is 41.0 Å². The molecule has 0 atom stereocenters. The molecule has 0 bridgehead atoms. The van der Waals surface area contributed by atoms with Gasteiger partial charge in [0.25, 0.3) is 0 Å². The van der Waals surface area contributed by atoms with Gasteiger partial charge < -0.3 is 5.02 Å². The zero-order valence-corrected chi connectivity index (χ0v) is 10.5. The lowest BCUT2D eigenvalue weighted by molar-refractivity contribution is 0.595. The second kappa shape index (κ2) is 5.27. The Hall–Kier alpha value is -1.10. The number of halogens is 4. The Morgan fingerprint density at radius 1 is 0.833 bits per heavy atom. The SMILES string of the molecule is OB(c1ccc(Cl)c(F)c1)c1ccc(Cl)c(F)c1. The summed E-state index contributed by atoms with van der Waals surface area (Å²) >= 11 is 11.1. The van der Waals surface area contributed by atoms with Gasteiger partial charge in [0.15, 0.2) is 0 Å². The zero-order chi connectivity index (χ0) is 13.3. The molecular formula is C12H7BCl2F2O. The van der Waals surface area contributed by atoms with Crippen LogP contribution < -0.4 is 10.9 Å². The molecule has 1 nitrogen and oxygen atoms in total. The zero-order valence-electron chi connectivity index (χ0n) is 9.00. The average molecular weight is 287 g/mol. The van der Waals surface area contributed by atoms with Gasteiger partial charge in [0, 0.05) is 0 Å². The molecular weight excluding hydrogens is 280 g/mol. The van der Waals surface area contributed by atoms with Crippen molar-refractivity contribution in [1.82, 2.24) is 0 Å². The van der Waals surface area contributed by atoms with Crippen molar-refractivity contribution in [1.29, 1.82) is 0 Å². The second-order valence-electron chi connectivity index (χ2n) is 3.75. The molecule has 0 aliphatic heterocycles. The van der Waals surface area contributed by atoms with Gasteiger partial charge in [-0.2, -0.15) is 0 Å². The molecule has 0 saturated carbocycles. The molecule has 1 N–H and O–H groups in total. The predicted octanol–water partition coefficient (Wildman–Crippen LogP) is 2.37. The number of benzene rings is 2. The normalized spacial score (nSPS) is 10.5. The lowest BCUT2D eigenvalue weighted by Gasteiger charge is -2.08. The van der Waals surface area contributed by atoms with Crippen molar-refractivity contribution in [3.05, 3.63) is 58.1 Å². The van der Waals surface area contributed by atoms with E-state index in [1.165, 1.54) is 24.3 Å². The van der Waals surface area contributed by atoms with Crippen molar-refractivity contribution in [2.45, 2.75) is 0 Å². The minimum absolute atomic E-state index is 0.0340. The molecule has 0 aliphatic rings. The topological polar surface area (TPSA) is 20.2 Å². The van der Waals surface area contributed by atoms with Crippen LogP contribution in [-0.4, -0.2) is 11.9 Å². The molecule has 0 fully saturated rings. The lowest BCUT2D eigenvalue weighted by Crippen LogP contribution is -2.42. The summed E-state index contributed by atoms with van der Waals surface area (Å²) in [7, 11) is 0. The van der Waals surface area contributed by atoms with E-state index in [0.29, 0.717) is 10.9 Å². The van der Waals surface area contributed by atoms with Gasteiger partial charge in [0.1, 0.15) is 11.6 Å². The molecule has 2 aromatic carbocycles. The quantitative estimate of drug-likeness (QED) is 0.841. The summed E-state index contributed by atoms with van der Waals surface area (Å²) < 4.78 is 26.5. The van der Waals surface area contributed by atoms with Gasteiger partial charge in [0.05, 0.1) is 10.0 Å². The molecule has 0 heterocycles. The standard InChI is InChI=1S/C12H7BCl2F2O/c14-9-3-1-7(5-11(9)16)13(18)8-2-4-10(15)12(17)6-8/h1-6,18H. The highest BCUT2D eigenvalue weighted by Gasteiger charge is 2.19. The van der Waals surface area contributed by atoms with Gasteiger partial charge in [-0.15, -0.1) is 0 Å². The first kappa shape index (κ1) is 13.3. The van der Waals surface area contributed by atoms with E-state index in [9.17, 15) is 13.8 Å². The maximum absolute atomic E-state index is 13.3. The van der Waals surface area contributed by atoms with Crippen LogP contribution in [0, 0.1) is 11.6 Å². The molecule has 0 radical (unpaired) electrons. The molecule has 0 amide bonds. The lowest BCUT2D eigenvalue weighted by atomic mass is 9.56. The molecule has 2 aromatic rings. The Labute approximate surface area is 113 Å². The van der Waals surface area contributed by atoms with E-state index < -0.39 is 18.6 Å². The third kappa shape index (κ3) is 2.66. The molecule has 6 heteroatoms. The third-order valence-electron chi connectivity index (χ3n) is 2.52. The van der Waals surface area contributed by atoms with Crippen LogP contribution in [0.1, 0.15) is 0 Å². The van der Waals surface area contributed by atoms with Crippen LogP contribution in [0.4, 0.5) is 8.78 Å². The van der Waals surface area contributed by atoms with E-state index >= 15 is 0 Å². The first-order valence-corrected chi connectivity index (χ1v) is 5.82. The molecule has 2 rings (SSSR count). The molecule has 18 heavy (non-hydrogen) atoms. The summed E-state index contributed by atoms with van der Waals surface area (Å²) in [6.07, 6.45) is 0. The van der Waals surface area contributed by atoms with Gasteiger partial charge in [-0.05, 0) is 35.2 Å². The van der Waals surface area contributed by atoms with E-state index in [-0.39, 0.29) is 10.0 Å². The van der Waals surface area contributed by atoms with Gasteiger partial charge in [-0.1, -0.05) is 35.3 Å². The number of hydrogen-bond donors (Lipinski definition) is 1. The van der Waals surface area contributed by atoms with Gasteiger partial charge >= 0.3 is 6.92 Å². The maximum Gasteiger partial charge on any atom is 0.359 e.